The number of rotatable bonds is 4. The molecule has 1 aromatic rings. The third-order valence-corrected chi connectivity index (χ3v) is 5.37. The Labute approximate surface area is 107 Å². The average Bonchev–Trinajstić information content (AvgIpc) is 2.40. The number of hydrogen-bond donors (Lipinski definition) is 1. The van der Waals surface area contributed by atoms with Crippen molar-refractivity contribution in [3.63, 3.8) is 0 Å². The van der Waals surface area contributed by atoms with Gasteiger partial charge < -0.3 is 5.32 Å². The number of hydrogen-bond acceptors (Lipinski definition) is 4. The summed E-state index contributed by atoms with van der Waals surface area (Å²) in [6.07, 6.45) is 1.20. The molecule has 4 nitrogen and oxygen atoms in total. The Hall–Kier alpha value is -1.20. The van der Waals surface area contributed by atoms with Crippen LogP contribution >= 0.6 is 0 Å². The molecule has 2 rings (SSSR count). The van der Waals surface area contributed by atoms with E-state index in [1.54, 1.807) is 30.3 Å². The second kappa shape index (κ2) is 5.63. The summed E-state index contributed by atoms with van der Waals surface area (Å²) in [5.74, 6) is -0.684. The monoisotopic (exact) mass is 267 g/mol. The SMILES string of the molecule is O=C(CS(=O)(=O)C1CCNCC1)c1ccccc1. The maximum Gasteiger partial charge on any atom is 0.177 e. The summed E-state index contributed by atoms with van der Waals surface area (Å²) in [6.45, 7) is 1.42. The van der Waals surface area contributed by atoms with E-state index in [2.05, 4.69) is 5.32 Å². The average molecular weight is 267 g/mol. The zero-order chi connectivity index (χ0) is 13.0. The summed E-state index contributed by atoms with van der Waals surface area (Å²) in [4.78, 5) is 11.9. The molecule has 0 atom stereocenters. The Bertz CT molecular complexity index is 504. The molecule has 18 heavy (non-hydrogen) atoms. The van der Waals surface area contributed by atoms with E-state index in [0.29, 0.717) is 31.5 Å². The highest BCUT2D eigenvalue weighted by atomic mass is 32.2. The molecule has 0 bridgehead atoms. The highest BCUT2D eigenvalue weighted by Crippen LogP contribution is 2.15. The van der Waals surface area contributed by atoms with Crippen LogP contribution in [-0.2, 0) is 9.84 Å². The van der Waals surface area contributed by atoms with Gasteiger partial charge in [0.25, 0.3) is 0 Å². The number of carbonyl (C=O) groups excluding carboxylic acids is 1. The van der Waals surface area contributed by atoms with Gasteiger partial charge in [0, 0.05) is 5.56 Å². The van der Waals surface area contributed by atoms with Gasteiger partial charge in [-0.25, -0.2) is 8.42 Å². The number of carbonyl (C=O) groups is 1. The van der Waals surface area contributed by atoms with E-state index in [9.17, 15) is 13.2 Å². The van der Waals surface area contributed by atoms with Crippen LogP contribution in [0, 0.1) is 0 Å². The van der Waals surface area contributed by atoms with Crippen molar-refractivity contribution in [2.45, 2.75) is 18.1 Å². The van der Waals surface area contributed by atoms with Gasteiger partial charge in [0.1, 0.15) is 5.75 Å². The molecule has 1 saturated heterocycles. The van der Waals surface area contributed by atoms with Crippen molar-refractivity contribution in [3.05, 3.63) is 35.9 Å². The minimum atomic E-state index is -3.32. The lowest BCUT2D eigenvalue weighted by atomic mass is 10.1. The van der Waals surface area contributed by atoms with Gasteiger partial charge in [0.2, 0.25) is 0 Å². The number of piperidine rings is 1. The molecule has 0 spiro atoms. The first-order chi connectivity index (χ1) is 8.59. The normalized spacial score (nSPS) is 17.6. The highest BCUT2D eigenvalue weighted by molar-refractivity contribution is 7.92. The molecule has 5 heteroatoms. The van der Waals surface area contributed by atoms with Crippen molar-refractivity contribution in [1.29, 1.82) is 0 Å². The molecule has 0 radical (unpaired) electrons. The fraction of sp³-hybridized carbons (Fsp3) is 0.462. The molecule has 0 aliphatic carbocycles. The molecule has 1 aromatic carbocycles. The first-order valence-electron chi connectivity index (χ1n) is 6.10. The smallest absolute Gasteiger partial charge is 0.177 e. The quantitative estimate of drug-likeness (QED) is 0.828. The number of Topliss-reactive ketones (excluding diaryl/α,β-unsaturated/α-hetero) is 1. The van der Waals surface area contributed by atoms with Crippen LogP contribution in [0.25, 0.3) is 0 Å². The summed E-state index contributed by atoms with van der Waals surface area (Å²) >= 11 is 0. The van der Waals surface area contributed by atoms with E-state index in [1.807, 2.05) is 0 Å². The van der Waals surface area contributed by atoms with Gasteiger partial charge in [-0.3, -0.25) is 4.79 Å². The van der Waals surface area contributed by atoms with Crippen LogP contribution in [0.5, 0.6) is 0 Å². The van der Waals surface area contributed by atoms with Crippen molar-refractivity contribution in [3.8, 4) is 0 Å². The number of nitrogens with one attached hydrogen (secondary N) is 1. The molecular weight excluding hydrogens is 250 g/mol. The molecule has 0 aromatic heterocycles. The van der Waals surface area contributed by atoms with Gasteiger partial charge in [-0.1, -0.05) is 30.3 Å². The minimum absolute atomic E-state index is 0.311. The van der Waals surface area contributed by atoms with Crippen LogP contribution in [0.2, 0.25) is 0 Å². The summed E-state index contributed by atoms with van der Waals surface area (Å²) in [7, 11) is -3.32. The van der Waals surface area contributed by atoms with Crippen molar-refractivity contribution in [2.24, 2.45) is 0 Å². The molecule has 0 amide bonds. The van der Waals surface area contributed by atoms with E-state index >= 15 is 0 Å². The van der Waals surface area contributed by atoms with E-state index in [4.69, 9.17) is 0 Å². The fourth-order valence-corrected chi connectivity index (χ4v) is 3.88. The van der Waals surface area contributed by atoms with Crippen LogP contribution in [0.3, 0.4) is 0 Å². The molecule has 0 saturated carbocycles. The molecule has 1 N–H and O–H groups in total. The largest absolute Gasteiger partial charge is 0.317 e. The van der Waals surface area contributed by atoms with Gasteiger partial charge in [0.05, 0.1) is 5.25 Å². The second-order valence-electron chi connectivity index (χ2n) is 4.55. The number of ketones is 1. The van der Waals surface area contributed by atoms with Gasteiger partial charge in [-0.2, -0.15) is 0 Å². The van der Waals surface area contributed by atoms with E-state index in [0.717, 1.165) is 0 Å². The molecule has 1 fully saturated rings. The lowest BCUT2D eigenvalue weighted by Crippen LogP contribution is -2.38. The topological polar surface area (TPSA) is 63.2 Å². The predicted molar refractivity (Wildman–Crippen MR) is 70.5 cm³/mol. The van der Waals surface area contributed by atoms with Crippen molar-refractivity contribution in [2.75, 3.05) is 18.8 Å². The molecular formula is C13H17NO3S. The molecule has 1 aliphatic rings. The highest BCUT2D eigenvalue weighted by Gasteiger charge is 2.29. The minimum Gasteiger partial charge on any atom is -0.317 e. The van der Waals surface area contributed by atoms with Crippen LogP contribution in [0.4, 0.5) is 0 Å². The Kier molecular flexibility index (Phi) is 4.14. The molecule has 98 valence electrons. The lowest BCUT2D eigenvalue weighted by molar-refractivity contribution is 0.102. The van der Waals surface area contributed by atoms with Gasteiger partial charge in [0.15, 0.2) is 15.6 Å². The van der Waals surface area contributed by atoms with Crippen LogP contribution < -0.4 is 5.32 Å². The second-order valence-corrected chi connectivity index (χ2v) is 6.83. The summed E-state index contributed by atoms with van der Waals surface area (Å²) in [5.41, 5.74) is 0.468. The Morgan fingerprint density at radius 1 is 1.17 bits per heavy atom. The van der Waals surface area contributed by atoms with Gasteiger partial charge >= 0.3 is 0 Å². The van der Waals surface area contributed by atoms with Crippen LogP contribution in [-0.4, -0.2) is 38.3 Å². The van der Waals surface area contributed by atoms with Crippen LogP contribution in [0.15, 0.2) is 30.3 Å². The third kappa shape index (κ3) is 3.17. The summed E-state index contributed by atoms with van der Waals surface area (Å²) in [5, 5.41) is 2.75. The first kappa shape index (κ1) is 13.2. The van der Waals surface area contributed by atoms with Crippen molar-refractivity contribution in [1.82, 2.24) is 5.32 Å². The van der Waals surface area contributed by atoms with Gasteiger partial charge in [-0.05, 0) is 25.9 Å². The number of benzene rings is 1. The molecule has 1 aliphatic heterocycles. The first-order valence-corrected chi connectivity index (χ1v) is 7.82. The Morgan fingerprint density at radius 3 is 2.39 bits per heavy atom. The maximum atomic E-state index is 12.1. The van der Waals surface area contributed by atoms with Crippen molar-refractivity contribution >= 4 is 15.6 Å². The standard InChI is InChI=1S/C13H17NO3S/c15-13(11-4-2-1-3-5-11)10-18(16,17)12-6-8-14-9-7-12/h1-5,12,14H,6-10H2. The molecule has 0 unspecified atom stereocenters. The van der Waals surface area contributed by atoms with E-state index < -0.39 is 9.84 Å². The lowest BCUT2D eigenvalue weighted by Gasteiger charge is -2.22. The van der Waals surface area contributed by atoms with E-state index in [-0.39, 0.29) is 16.8 Å². The zero-order valence-corrected chi connectivity index (χ0v) is 10.9. The summed E-state index contributed by atoms with van der Waals surface area (Å²) < 4.78 is 24.2. The predicted octanol–water partition coefficient (Wildman–Crippen LogP) is 1.04. The third-order valence-electron chi connectivity index (χ3n) is 3.22. The number of sulfone groups is 1. The maximum absolute atomic E-state index is 12.1. The van der Waals surface area contributed by atoms with Crippen molar-refractivity contribution < 1.29 is 13.2 Å². The summed E-state index contributed by atoms with van der Waals surface area (Å²) in [6, 6.07) is 8.59. The van der Waals surface area contributed by atoms with Gasteiger partial charge in [-0.15, -0.1) is 0 Å². The van der Waals surface area contributed by atoms with E-state index in [1.165, 1.54) is 0 Å². The zero-order valence-electron chi connectivity index (χ0n) is 10.1. The van der Waals surface area contributed by atoms with Crippen LogP contribution in [0.1, 0.15) is 23.2 Å². The Balaban J connectivity index is 2.06. The fourth-order valence-electron chi connectivity index (χ4n) is 2.16. The molecule has 1 heterocycles. The Morgan fingerprint density at radius 2 is 1.78 bits per heavy atom.